The van der Waals surface area contributed by atoms with Crippen LogP contribution in [0.15, 0.2) is 54.6 Å². The lowest BCUT2D eigenvalue weighted by Gasteiger charge is -2.43. The molecule has 2 aromatic carbocycles. The van der Waals surface area contributed by atoms with Gasteiger partial charge in [-0.25, -0.2) is 8.42 Å². The number of hydrogen-bond acceptors (Lipinski definition) is 5. The number of rotatable bonds is 4. The summed E-state index contributed by atoms with van der Waals surface area (Å²) >= 11 is 0. The fourth-order valence-electron chi connectivity index (χ4n) is 4.44. The van der Waals surface area contributed by atoms with Gasteiger partial charge in [0.25, 0.3) is 5.91 Å². The van der Waals surface area contributed by atoms with Gasteiger partial charge >= 0.3 is 0 Å². The van der Waals surface area contributed by atoms with E-state index in [9.17, 15) is 18.0 Å². The average molecular weight is 443 g/mol. The van der Waals surface area contributed by atoms with Gasteiger partial charge in [-0.05, 0) is 49.2 Å². The van der Waals surface area contributed by atoms with Crippen LogP contribution >= 0.6 is 0 Å². The largest absolute Gasteiger partial charge is 0.343 e. The number of carbonyl (C=O) groups is 2. The van der Waals surface area contributed by atoms with Gasteiger partial charge in [0.15, 0.2) is 0 Å². The van der Waals surface area contributed by atoms with Crippen LogP contribution in [0.25, 0.3) is 0 Å². The van der Waals surface area contributed by atoms with Gasteiger partial charge in [-0.3, -0.25) is 19.2 Å². The summed E-state index contributed by atoms with van der Waals surface area (Å²) in [6.45, 7) is 3.02. The molecule has 2 fully saturated rings. The van der Waals surface area contributed by atoms with E-state index < -0.39 is 15.6 Å². The Morgan fingerprint density at radius 3 is 2.13 bits per heavy atom. The van der Waals surface area contributed by atoms with Gasteiger partial charge in [-0.1, -0.05) is 18.2 Å². The molecule has 31 heavy (non-hydrogen) atoms. The molecule has 2 aliphatic rings. The van der Waals surface area contributed by atoms with Gasteiger partial charge in [-0.15, -0.1) is 0 Å². The summed E-state index contributed by atoms with van der Waals surface area (Å²) in [5.74, 6) is 0.0285. The van der Waals surface area contributed by atoms with Gasteiger partial charge in [0.2, 0.25) is 15.9 Å². The Kier molecular flexibility index (Phi) is 5.38. The van der Waals surface area contributed by atoms with E-state index >= 15 is 0 Å². The maximum atomic E-state index is 13.7. The number of nitrogens with zero attached hydrogens (tertiary/aromatic N) is 3. The molecule has 2 heterocycles. The highest BCUT2D eigenvalue weighted by atomic mass is 32.2. The Hall–Kier alpha value is -3.07. The predicted molar refractivity (Wildman–Crippen MR) is 120 cm³/mol. The Labute approximate surface area is 182 Å². The second-order valence-corrected chi connectivity index (χ2v) is 9.85. The smallest absolute Gasteiger partial charge is 0.254 e. The van der Waals surface area contributed by atoms with Gasteiger partial charge < -0.3 is 9.80 Å². The van der Waals surface area contributed by atoms with E-state index in [0.29, 0.717) is 44.0 Å². The highest BCUT2D eigenvalue weighted by Crippen LogP contribution is 2.41. The summed E-state index contributed by atoms with van der Waals surface area (Å²) in [4.78, 5) is 31.2. The highest BCUT2D eigenvalue weighted by Gasteiger charge is 2.54. The summed E-state index contributed by atoms with van der Waals surface area (Å²) in [5, 5.41) is 0. The number of anilines is 3. The molecule has 2 amide bonds. The first kappa shape index (κ1) is 21.2. The number of para-hydroxylation sites is 1. The minimum absolute atomic E-state index is 0.00313. The number of nitrogens with one attached hydrogen (secondary N) is 1. The first-order valence-electron chi connectivity index (χ1n) is 10.2. The van der Waals surface area contributed by atoms with E-state index in [0.717, 1.165) is 11.9 Å². The van der Waals surface area contributed by atoms with Crippen LogP contribution in [-0.2, 0) is 19.6 Å². The van der Waals surface area contributed by atoms with E-state index in [1.807, 2.05) is 30.3 Å². The van der Waals surface area contributed by atoms with Gasteiger partial charge in [-0.2, -0.15) is 0 Å². The first-order valence-corrected chi connectivity index (χ1v) is 12.1. The third-order valence-electron chi connectivity index (χ3n) is 6.03. The van der Waals surface area contributed by atoms with Crippen LogP contribution in [-0.4, -0.2) is 56.7 Å². The van der Waals surface area contributed by atoms with Crippen LogP contribution < -0.4 is 14.5 Å². The molecule has 0 aromatic heterocycles. The van der Waals surface area contributed by atoms with Crippen molar-refractivity contribution >= 4 is 38.9 Å². The number of carbonyl (C=O) groups excluding carboxylic acids is 2. The lowest BCUT2D eigenvalue weighted by Crippen LogP contribution is -2.57. The standard InChI is InChI=1S/C22H26N4O4S/c1-17(27)24-14-12-22(13-15-24)21(28)25(16-26(22)20-6-4-3-5-7-20)19-10-8-18(9-11-19)23-31(2,29)30/h3-11,23H,12-16H2,1-2H3. The molecule has 0 unspecified atom stereocenters. The predicted octanol–water partition coefficient (Wildman–Crippen LogP) is 2.25. The number of hydrogen-bond donors (Lipinski definition) is 1. The molecule has 1 N–H and O–H groups in total. The summed E-state index contributed by atoms with van der Waals surface area (Å²) in [5.41, 5.74) is 1.40. The van der Waals surface area contributed by atoms with E-state index in [2.05, 4.69) is 9.62 Å². The van der Waals surface area contributed by atoms with E-state index in [1.165, 1.54) is 0 Å². The third-order valence-corrected chi connectivity index (χ3v) is 6.64. The van der Waals surface area contributed by atoms with Crippen LogP contribution in [0, 0.1) is 0 Å². The molecule has 0 atom stereocenters. The Bertz CT molecular complexity index is 1080. The van der Waals surface area contributed by atoms with Gasteiger partial charge in [0.05, 0.1) is 12.9 Å². The first-order chi connectivity index (χ1) is 14.7. The number of benzene rings is 2. The summed E-state index contributed by atoms with van der Waals surface area (Å²) in [7, 11) is -3.37. The molecular weight excluding hydrogens is 416 g/mol. The van der Waals surface area contributed by atoms with Crippen molar-refractivity contribution in [3.8, 4) is 0 Å². The second kappa shape index (κ2) is 7.88. The normalized spacial score (nSPS) is 18.5. The number of piperidine rings is 1. The van der Waals surface area contributed by atoms with Crippen molar-refractivity contribution in [2.45, 2.75) is 25.3 Å². The van der Waals surface area contributed by atoms with Gasteiger partial charge in [0, 0.05) is 37.1 Å². The second-order valence-electron chi connectivity index (χ2n) is 8.10. The molecule has 4 rings (SSSR count). The number of sulfonamides is 1. The fourth-order valence-corrected chi connectivity index (χ4v) is 5.01. The van der Waals surface area contributed by atoms with Crippen molar-refractivity contribution in [2.24, 2.45) is 0 Å². The van der Waals surface area contributed by atoms with Crippen molar-refractivity contribution in [1.82, 2.24) is 4.90 Å². The van der Waals surface area contributed by atoms with Crippen molar-refractivity contribution in [3.05, 3.63) is 54.6 Å². The zero-order valence-corrected chi connectivity index (χ0v) is 18.4. The monoisotopic (exact) mass is 442 g/mol. The third kappa shape index (κ3) is 4.10. The maximum Gasteiger partial charge on any atom is 0.254 e. The van der Waals surface area contributed by atoms with Crippen molar-refractivity contribution < 1.29 is 18.0 Å². The zero-order chi connectivity index (χ0) is 22.2. The van der Waals surface area contributed by atoms with E-state index in [-0.39, 0.29) is 11.8 Å². The number of likely N-dealkylation sites (tertiary alicyclic amines) is 1. The quantitative estimate of drug-likeness (QED) is 0.784. The summed E-state index contributed by atoms with van der Waals surface area (Å²) in [6.07, 6.45) is 2.22. The fraction of sp³-hybridized carbons (Fsp3) is 0.364. The molecule has 2 aromatic rings. The Morgan fingerprint density at radius 1 is 0.968 bits per heavy atom. The average Bonchev–Trinajstić information content (AvgIpc) is 3.01. The SMILES string of the molecule is CC(=O)N1CCC2(CC1)C(=O)N(c1ccc(NS(C)(=O)=O)cc1)CN2c1ccccc1. The topological polar surface area (TPSA) is 90.0 Å². The molecule has 0 radical (unpaired) electrons. The zero-order valence-electron chi connectivity index (χ0n) is 17.6. The minimum atomic E-state index is -3.37. The summed E-state index contributed by atoms with van der Waals surface area (Å²) < 4.78 is 25.4. The molecule has 0 saturated carbocycles. The van der Waals surface area contributed by atoms with Crippen molar-refractivity contribution in [1.29, 1.82) is 0 Å². The molecule has 1 spiro atoms. The van der Waals surface area contributed by atoms with Crippen LogP contribution in [0.1, 0.15) is 19.8 Å². The Morgan fingerprint density at radius 2 is 1.58 bits per heavy atom. The maximum absolute atomic E-state index is 13.7. The molecule has 9 heteroatoms. The minimum Gasteiger partial charge on any atom is -0.343 e. The van der Waals surface area contributed by atoms with E-state index in [1.54, 1.807) is 41.0 Å². The molecule has 164 valence electrons. The van der Waals surface area contributed by atoms with Crippen LogP contribution in [0.3, 0.4) is 0 Å². The molecule has 2 aliphatic heterocycles. The Balaban J connectivity index is 1.65. The lowest BCUT2D eigenvalue weighted by atomic mass is 9.85. The van der Waals surface area contributed by atoms with Crippen LogP contribution in [0.5, 0.6) is 0 Å². The summed E-state index contributed by atoms with van der Waals surface area (Å²) in [6, 6.07) is 16.6. The van der Waals surface area contributed by atoms with Crippen LogP contribution in [0.4, 0.5) is 17.1 Å². The van der Waals surface area contributed by atoms with Crippen molar-refractivity contribution in [2.75, 3.05) is 40.5 Å². The molecule has 2 saturated heterocycles. The molecule has 0 bridgehead atoms. The lowest BCUT2D eigenvalue weighted by molar-refractivity contribution is -0.133. The molecule has 0 aliphatic carbocycles. The van der Waals surface area contributed by atoms with Crippen LogP contribution in [0.2, 0.25) is 0 Å². The molecule has 8 nitrogen and oxygen atoms in total. The van der Waals surface area contributed by atoms with Gasteiger partial charge in [0.1, 0.15) is 5.54 Å². The highest BCUT2D eigenvalue weighted by molar-refractivity contribution is 7.92. The number of amides is 2. The van der Waals surface area contributed by atoms with Crippen molar-refractivity contribution in [3.63, 3.8) is 0 Å². The molecular formula is C22H26N4O4S. The van der Waals surface area contributed by atoms with E-state index in [4.69, 9.17) is 0 Å².